The molecule has 1 atom stereocenters. The fourth-order valence-electron chi connectivity index (χ4n) is 2.43. The van der Waals surface area contributed by atoms with Gasteiger partial charge in [0.1, 0.15) is 0 Å². The van der Waals surface area contributed by atoms with Crippen LogP contribution in [0.4, 0.5) is 0 Å². The van der Waals surface area contributed by atoms with Gasteiger partial charge in [-0.05, 0) is 19.3 Å². The smallest absolute Gasteiger partial charge is 0.232 e. The zero-order chi connectivity index (χ0) is 13.0. The Morgan fingerprint density at radius 3 is 2.83 bits per heavy atom. The van der Waals surface area contributed by atoms with Crippen LogP contribution in [0.3, 0.4) is 0 Å². The van der Waals surface area contributed by atoms with Crippen LogP contribution < -0.4 is 5.73 Å². The predicted octanol–water partition coefficient (Wildman–Crippen LogP) is 2.33. The molecule has 0 aromatic carbocycles. The molecule has 18 heavy (non-hydrogen) atoms. The van der Waals surface area contributed by atoms with Gasteiger partial charge < -0.3 is 15.0 Å². The Labute approximate surface area is 108 Å². The molecule has 1 aliphatic rings. The number of aromatic nitrogens is 2. The molecule has 5 nitrogen and oxygen atoms in total. The molecule has 0 radical (unpaired) electrons. The van der Waals surface area contributed by atoms with Crippen LogP contribution in [0, 0.1) is 0 Å². The first kappa shape index (κ1) is 13.5. The molecule has 0 bridgehead atoms. The first-order valence-electron chi connectivity index (χ1n) is 6.83. The van der Waals surface area contributed by atoms with Gasteiger partial charge in [0.15, 0.2) is 5.82 Å². The normalized spacial score (nSPS) is 20.2. The second kappa shape index (κ2) is 5.80. The van der Waals surface area contributed by atoms with E-state index in [-0.39, 0.29) is 11.5 Å². The van der Waals surface area contributed by atoms with E-state index in [2.05, 4.69) is 24.0 Å². The minimum atomic E-state index is -0.293. The Hall–Kier alpha value is -0.940. The van der Waals surface area contributed by atoms with Crippen LogP contribution in [0.5, 0.6) is 0 Å². The first-order valence-corrected chi connectivity index (χ1v) is 6.83. The van der Waals surface area contributed by atoms with E-state index < -0.39 is 0 Å². The summed E-state index contributed by atoms with van der Waals surface area (Å²) in [7, 11) is 0. The highest BCUT2D eigenvalue weighted by molar-refractivity contribution is 5.07. The highest BCUT2D eigenvalue weighted by Crippen LogP contribution is 2.39. The van der Waals surface area contributed by atoms with Crippen molar-refractivity contribution in [2.75, 3.05) is 13.2 Å². The van der Waals surface area contributed by atoms with Crippen molar-refractivity contribution in [3.63, 3.8) is 0 Å². The number of hydrogen-bond acceptors (Lipinski definition) is 5. The van der Waals surface area contributed by atoms with Gasteiger partial charge in [0.25, 0.3) is 0 Å². The van der Waals surface area contributed by atoms with Gasteiger partial charge in [-0.3, -0.25) is 0 Å². The lowest BCUT2D eigenvalue weighted by Gasteiger charge is -2.17. The lowest BCUT2D eigenvalue weighted by Crippen LogP contribution is -2.20. The van der Waals surface area contributed by atoms with Crippen LogP contribution in [0.25, 0.3) is 0 Å². The minimum absolute atomic E-state index is 0.0508. The van der Waals surface area contributed by atoms with Gasteiger partial charge in [0.2, 0.25) is 5.89 Å². The molecular weight excluding hydrogens is 230 g/mol. The summed E-state index contributed by atoms with van der Waals surface area (Å²) in [5.41, 5.74) is 6.03. The van der Waals surface area contributed by atoms with E-state index in [1.807, 2.05) is 0 Å². The van der Waals surface area contributed by atoms with E-state index in [1.54, 1.807) is 0 Å². The van der Waals surface area contributed by atoms with Gasteiger partial charge in [-0.1, -0.05) is 31.8 Å². The van der Waals surface area contributed by atoms with Gasteiger partial charge in [-0.2, -0.15) is 4.98 Å². The van der Waals surface area contributed by atoms with Crippen LogP contribution in [0.1, 0.15) is 63.7 Å². The maximum absolute atomic E-state index is 5.98. The van der Waals surface area contributed by atoms with Gasteiger partial charge >= 0.3 is 0 Å². The van der Waals surface area contributed by atoms with E-state index in [0.717, 1.165) is 31.8 Å². The fourth-order valence-corrected chi connectivity index (χ4v) is 2.43. The molecule has 1 heterocycles. The SMILES string of the molecule is CCCOCC(N)c1noc(C2(C)CCCC2)n1. The lowest BCUT2D eigenvalue weighted by atomic mass is 9.89. The van der Waals surface area contributed by atoms with Gasteiger partial charge in [-0.25, -0.2) is 0 Å². The fraction of sp³-hybridized carbons (Fsp3) is 0.846. The zero-order valence-electron chi connectivity index (χ0n) is 11.3. The monoisotopic (exact) mass is 253 g/mol. The Morgan fingerprint density at radius 2 is 2.17 bits per heavy atom. The van der Waals surface area contributed by atoms with E-state index in [9.17, 15) is 0 Å². The van der Waals surface area contributed by atoms with Gasteiger partial charge in [-0.15, -0.1) is 0 Å². The molecule has 1 aromatic rings. The molecule has 0 amide bonds. The molecule has 2 rings (SSSR count). The van der Waals surface area contributed by atoms with E-state index in [0.29, 0.717) is 12.4 Å². The highest BCUT2D eigenvalue weighted by Gasteiger charge is 2.36. The Balaban J connectivity index is 1.97. The first-order chi connectivity index (χ1) is 8.65. The number of hydrogen-bond donors (Lipinski definition) is 1. The molecular formula is C13H23N3O2. The standard InChI is InChI=1S/C13H23N3O2/c1-3-8-17-9-10(14)11-15-12(18-16-11)13(2)6-4-5-7-13/h10H,3-9,14H2,1-2H3. The van der Waals surface area contributed by atoms with Gasteiger partial charge in [0.05, 0.1) is 12.6 Å². The van der Waals surface area contributed by atoms with Crippen molar-refractivity contribution in [3.8, 4) is 0 Å². The molecule has 1 fully saturated rings. The van der Waals surface area contributed by atoms with Crippen molar-refractivity contribution >= 4 is 0 Å². The van der Waals surface area contributed by atoms with Crippen molar-refractivity contribution in [2.24, 2.45) is 5.73 Å². The molecule has 1 aliphatic carbocycles. The number of ether oxygens (including phenoxy) is 1. The molecule has 0 saturated heterocycles. The van der Waals surface area contributed by atoms with Crippen LogP contribution in [0.15, 0.2) is 4.52 Å². The number of nitrogens with two attached hydrogens (primary N) is 1. The summed E-state index contributed by atoms with van der Waals surface area (Å²) < 4.78 is 10.8. The molecule has 5 heteroatoms. The van der Waals surface area contributed by atoms with E-state index in [1.165, 1.54) is 12.8 Å². The van der Waals surface area contributed by atoms with Crippen LogP contribution >= 0.6 is 0 Å². The second-order valence-electron chi connectivity index (χ2n) is 5.41. The van der Waals surface area contributed by atoms with Crippen molar-refractivity contribution in [1.82, 2.24) is 10.1 Å². The van der Waals surface area contributed by atoms with E-state index in [4.69, 9.17) is 15.0 Å². The average Bonchev–Trinajstić information content (AvgIpc) is 2.98. The summed E-state index contributed by atoms with van der Waals surface area (Å²) in [6, 6.07) is -0.293. The topological polar surface area (TPSA) is 74.2 Å². The van der Waals surface area contributed by atoms with Crippen molar-refractivity contribution in [3.05, 3.63) is 11.7 Å². The van der Waals surface area contributed by atoms with E-state index >= 15 is 0 Å². The molecule has 1 unspecified atom stereocenters. The summed E-state index contributed by atoms with van der Waals surface area (Å²) in [4.78, 5) is 4.46. The molecule has 0 aliphatic heterocycles. The second-order valence-corrected chi connectivity index (χ2v) is 5.41. The van der Waals surface area contributed by atoms with Crippen molar-refractivity contribution in [2.45, 2.75) is 57.4 Å². The maximum Gasteiger partial charge on any atom is 0.232 e. The molecule has 1 saturated carbocycles. The molecule has 1 aromatic heterocycles. The zero-order valence-corrected chi connectivity index (χ0v) is 11.3. The molecule has 102 valence electrons. The summed E-state index contributed by atoms with van der Waals surface area (Å²) in [5, 5.41) is 3.99. The van der Waals surface area contributed by atoms with Crippen LogP contribution in [-0.4, -0.2) is 23.4 Å². The Kier molecular flexibility index (Phi) is 4.35. The third-order valence-electron chi connectivity index (χ3n) is 3.64. The van der Waals surface area contributed by atoms with Crippen molar-refractivity contribution < 1.29 is 9.26 Å². The van der Waals surface area contributed by atoms with Crippen LogP contribution in [-0.2, 0) is 10.2 Å². The van der Waals surface area contributed by atoms with Crippen molar-refractivity contribution in [1.29, 1.82) is 0 Å². The van der Waals surface area contributed by atoms with Gasteiger partial charge in [0, 0.05) is 12.0 Å². The quantitative estimate of drug-likeness (QED) is 0.787. The number of rotatable bonds is 6. The number of nitrogens with zero attached hydrogens (tertiary/aromatic N) is 2. The molecule has 2 N–H and O–H groups in total. The largest absolute Gasteiger partial charge is 0.379 e. The summed E-state index contributed by atoms with van der Waals surface area (Å²) in [6.07, 6.45) is 5.70. The highest BCUT2D eigenvalue weighted by atomic mass is 16.5. The summed E-state index contributed by atoms with van der Waals surface area (Å²) in [5.74, 6) is 1.30. The Morgan fingerprint density at radius 1 is 1.44 bits per heavy atom. The third kappa shape index (κ3) is 2.90. The molecule has 0 spiro atoms. The lowest BCUT2D eigenvalue weighted by molar-refractivity contribution is 0.119. The predicted molar refractivity (Wildman–Crippen MR) is 68.2 cm³/mol. The Bertz CT molecular complexity index is 372. The van der Waals surface area contributed by atoms with Crippen LogP contribution in [0.2, 0.25) is 0 Å². The average molecular weight is 253 g/mol. The third-order valence-corrected chi connectivity index (χ3v) is 3.64. The summed E-state index contributed by atoms with van der Waals surface area (Å²) >= 11 is 0. The minimum Gasteiger partial charge on any atom is -0.379 e. The summed E-state index contributed by atoms with van der Waals surface area (Å²) in [6.45, 7) is 5.43. The maximum atomic E-state index is 5.98.